The van der Waals surface area contributed by atoms with Gasteiger partial charge in [0.25, 0.3) is 5.91 Å². The van der Waals surface area contributed by atoms with E-state index in [1.807, 2.05) is 47.0 Å². The summed E-state index contributed by atoms with van der Waals surface area (Å²) in [7, 11) is 1.58. The first kappa shape index (κ1) is 17.9. The third-order valence-electron chi connectivity index (χ3n) is 4.57. The third-order valence-corrected chi connectivity index (χ3v) is 4.57. The van der Waals surface area contributed by atoms with Crippen molar-refractivity contribution in [3.63, 3.8) is 0 Å². The van der Waals surface area contributed by atoms with Gasteiger partial charge in [0.1, 0.15) is 17.2 Å². The highest BCUT2D eigenvalue weighted by molar-refractivity contribution is 5.91. The average Bonchev–Trinajstić information content (AvgIpc) is 3.47. The Balaban J connectivity index is 1.76. The van der Waals surface area contributed by atoms with Gasteiger partial charge >= 0.3 is 0 Å². The van der Waals surface area contributed by atoms with Crippen LogP contribution in [-0.2, 0) is 13.0 Å². The average molecular weight is 375 g/mol. The summed E-state index contributed by atoms with van der Waals surface area (Å²) in [5, 5.41) is 2.56. The van der Waals surface area contributed by atoms with E-state index < -0.39 is 0 Å². The fourth-order valence-corrected chi connectivity index (χ4v) is 3.14. The van der Waals surface area contributed by atoms with Crippen molar-refractivity contribution < 1.29 is 13.6 Å². The Morgan fingerprint density at radius 1 is 1.04 bits per heavy atom. The molecule has 1 amide bonds. The lowest BCUT2D eigenvalue weighted by Gasteiger charge is -2.07. The van der Waals surface area contributed by atoms with Crippen molar-refractivity contribution in [2.24, 2.45) is 0 Å². The van der Waals surface area contributed by atoms with Crippen LogP contribution < -0.4 is 5.32 Å². The highest BCUT2D eigenvalue weighted by atomic mass is 16.4. The number of hydrogen-bond acceptors (Lipinski definition) is 4. The van der Waals surface area contributed by atoms with Crippen molar-refractivity contribution >= 4 is 5.91 Å². The Hall–Kier alpha value is -3.54. The minimum Gasteiger partial charge on any atom is -0.459 e. The van der Waals surface area contributed by atoms with Gasteiger partial charge in [-0.3, -0.25) is 4.79 Å². The number of aromatic nitrogens is 2. The number of aryl methyl sites for hydroxylation is 1. The van der Waals surface area contributed by atoms with Crippen LogP contribution in [0.2, 0.25) is 0 Å². The standard InChI is InChI=1S/C22H21N3O3/c1-3-16-9-11-18(27-16)21-20(15-7-5-4-6-8-15)24-14-25(21)13-17-10-12-19(28-17)22(26)23-2/h4-12,14H,3,13H2,1-2H3,(H,23,26). The molecule has 0 bridgehead atoms. The Labute approximate surface area is 162 Å². The number of nitrogens with one attached hydrogen (secondary N) is 1. The SMILES string of the molecule is CCc1ccc(-c2c(-c3ccccc3)ncn2Cc2ccc(C(=O)NC)o2)o1. The molecule has 3 aromatic heterocycles. The largest absolute Gasteiger partial charge is 0.459 e. The summed E-state index contributed by atoms with van der Waals surface area (Å²) in [6.07, 6.45) is 2.59. The first-order valence-corrected chi connectivity index (χ1v) is 9.20. The monoisotopic (exact) mass is 375 g/mol. The maximum Gasteiger partial charge on any atom is 0.286 e. The van der Waals surface area contributed by atoms with Crippen molar-refractivity contribution in [1.82, 2.24) is 14.9 Å². The van der Waals surface area contributed by atoms with Crippen molar-refractivity contribution in [3.05, 3.63) is 78.2 Å². The molecule has 0 unspecified atom stereocenters. The second kappa shape index (κ2) is 7.60. The lowest BCUT2D eigenvalue weighted by Crippen LogP contribution is -2.16. The van der Waals surface area contributed by atoms with Crippen LogP contribution in [0.3, 0.4) is 0 Å². The van der Waals surface area contributed by atoms with E-state index in [-0.39, 0.29) is 11.7 Å². The number of carbonyl (C=O) groups excluding carboxylic acids is 1. The predicted molar refractivity (Wildman–Crippen MR) is 106 cm³/mol. The van der Waals surface area contributed by atoms with E-state index in [1.165, 1.54) is 0 Å². The van der Waals surface area contributed by atoms with E-state index in [0.717, 1.165) is 34.9 Å². The zero-order valence-electron chi connectivity index (χ0n) is 15.8. The highest BCUT2D eigenvalue weighted by Gasteiger charge is 2.19. The van der Waals surface area contributed by atoms with Gasteiger partial charge in [-0.15, -0.1) is 0 Å². The zero-order valence-corrected chi connectivity index (χ0v) is 15.8. The molecule has 142 valence electrons. The number of carbonyl (C=O) groups is 1. The Bertz CT molecular complexity index is 1090. The quantitative estimate of drug-likeness (QED) is 0.543. The van der Waals surface area contributed by atoms with E-state index in [2.05, 4.69) is 17.2 Å². The zero-order chi connectivity index (χ0) is 19.5. The molecule has 4 aromatic rings. The number of rotatable bonds is 6. The molecular formula is C22H21N3O3. The predicted octanol–water partition coefficient (Wildman–Crippen LogP) is 4.37. The maximum absolute atomic E-state index is 11.8. The molecule has 0 fully saturated rings. The van der Waals surface area contributed by atoms with Crippen LogP contribution in [0.5, 0.6) is 0 Å². The summed E-state index contributed by atoms with van der Waals surface area (Å²) in [5.41, 5.74) is 2.73. The van der Waals surface area contributed by atoms with E-state index >= 15 is 0 Å². The van der Waals surface area contributed by atoms with Gasteiger partial charge in [-0.2, -0.15) is 0 Å². The smallest absolute Gasteiger partial charge is 0.286 e. The number of nitrogens with zero attached hydrogens (tertiary/aromatic N) is 2. The number of hydrogen-bond donors (Lipinski definition) is 1. The molecule has 6 heteroatoms. The molecule has 0 saturated heterocycles. The molecule has 0 spiro atoms. The third kappa shape index (κ3) is 3.36. The van der Waals surface area contributed by atoms with Gasteiger partial charge in [0.05, 0.1) is 18.6 Å². The van der Waals surface area contributed by atoms with Gasteiger partial charge < -0.3 is 18.7 Å². The molecule has 6 nitrogen and oxygen atoms in total. The molecule has 3 heterocycles. The van der Waals surface area contributed by atoms with Crippen molar-refractivity contribution in [1.29, 1.82) is 0 Å². The molecule has 0 aliphatic carbocycles. The number of benzene rings is 1. The van der Waals surface area contributed by atoms with Crippen molar-refractivity contribution in [2.45, 2.75) is 19.9 Å². The summed E-state index contributed by atoms with van der Waals surface area (Å²) in [5.74, 6) is 2.38. The summed E-state index contributed by atoms with van der Waals surface area (Å²) in [6.45, 7) is 2.50. The Morgan fingerprint density at radius 3 is 2.54 bits per heavy atom. The van der Waals surface area contributed by atoms with Gasteiger partial charge in [0, 0.05) is 19.0 Å². The summed E-state index contributed by atoms with van der Waals surface area (Å²) in [4.78, 5) is 16.4. The van der Waals surface area contributed by atoms with Crippen LogP contribution >= 0.6 is 0 Å². The molecule has 0 aliphatic rings. The molecule has 4 rings (SSSR count). The van der Waals surface area contributed by atoms with Crippen molar-refractivity contribution in [2.75, 3.05) is 7.05 Å². The summed E-state index contributed by atoms with van der Waals surface area (Å²) in [6, 6.07) is 17.4. The summed E-state index contributed by atoms with van der Waals surface area (Å²) < 4.78 is 13.7. The lowest BCUT2D eigenvalue weighted by molar-refractivity contribution is 0.0933. The van der Waals surface area contributed by atoms with E-state index in [9.17, 15) is 4.79 Å². The van der Waals surface area contributed by atoms with Gasteiger partial charge in [0.15, 0.2) is 11.5 Å². The van der Waals surface area contributed by atoms with Gasteiger partial charge in [-0.05, 0) is 24.3 Å². The van der Waals surface area contributed by atoms with Crippen LogP contribution in [0.15, 0.2) is 69.8 Å². The van der Waals surface area contributed by atoms with E-state index in [0.29, 0.717) is 12.3 Å². The first-order valence-electron chi connectivity index (χ1n) is 9.20. The number of imidazole rings is 1. The molecule has 0 atom stereocenters. The Kier molecular flexibility index (Phi) is 4.85. The maximum atomic E-state index is 11.8. The van der Waals surface area contributed by atoms with Crippen LogP contribution in [0.1, 0.15) is 29.0 Å². The van der Waals surface area contributed by atoms with Crippen LogP contribution in [0.25, 0.3) is 22.7 Å². The van der Waals surface area contributed by atoms with Gasteiger partial charge in [-0.25, -0.2) is 4.98 Å². The topological polar surface area (TPSA) is 73.2 Å². The lowest BCUT2D eigenvalue weighted by atomic mass is 10.1. The van der Waals surface area contributed by atoms with Gasteiger partial charge in [0.2, 0.25) is 0 Å². The second-order valence-corrected chi connectivity index (χ2v) is 6.40. The molecule has 1 N–H and O–H groups in total. The van der Waals surface area contributed by atoms with E-state index in [4.69, 9.17) is 8.83 Å². The van der Waals surface area contributed by atoms with Crippen LogP contribution in [0.4, 0.5) is 0 Å². The van der Waals surface area contributed by atoms with Crippen LogP contribution in [0, 0.1) is 0 Å². The highest BCUT2D eigenvalue weighted by Crippen LogP contribution is 2.33. The number of furan rings is 2. The fourth-order valence-electron chi connectivity index (χ4n) is 3.14. The van der Waals surface area contributed by atoms with Crippen molar-refractivity contribution in [3.8, 4) is 22.7 Å². The minimum absolute atomic E-state index is 0.249. The fraction of sp³-hybridized carbons (Fsp3) is 0.182. The summed E-state index contributed by atoms with van der Waals surface area (Å²) >= 11 is 0. The first-order chi connectivity index (χ1) is 13.7. The van der Waals surface area contributed by atoms with E-state index in [1.54, 1.807) is 25.5 Å². The minimum atomic E-state index is -0.249. The Morgan fingerprint density at radius 2 is 1.82 bits per heavy atom. The molecule has 28 heavy (non-hydrogen) atoms. The second-order valence-electron chi connectivity index (χ2n) is 6.40. The van der Waals surface area contributed by atoms with Gasteiger partial charge in [-0.1, -0.05) is 37.3 Å². The number of amides is 1. The van der Waals surface area contributed by atoms with Crippen LogP contribution in [-0.4, -0.2) is 22.5 Å². The molecule has 0 saturated carbocycles. The molecule has 0 aliphatic heterocycles. The molecular weight excluding hydrogens is 354 g/mol. The normalized spacial score (nSPS) is 10.9. The molecule has 0 radical (unpaired) electrons. The molecule has 1 aromatic carbocycles.